The summed E-state index contributed by atoms with van der Waals surface area (Å²) in [6.45, 7) is 12.7. The fraction of sp³-hybridized carbons (Fsp3) is 0.571. The first-order valence-electron chi connectivity index (χ1n) is 9.95. The Morgan fingerprint density at radius 2 is 2.00 bits per heavy atom. The van der Waals surface area contributed by atoms with Gasteiger partial charge in [-0.15, -0.1) is 0 Å². The molecule has 1 aliphatic heterocycles. The van der Waals surface area contributed by atoms with Gasteiger partial charge in [-0.2, -0.15) is 0 Å². The number of ether oxygens (including phenoxy) is 1. The fourth-order valence-corrected chi connectivity index (χ4v) is 3.55. The summed E-state index contributed by atoms with van der Waals surface area (Å²) in [5.74, 6) is 0.495. The molecule has 0 spiro atoms. The third kappa shape index (κ3) is 4.53. The lowest BCUT2D eigenvalue weighted by Gasteiger charge is -2.37. The number of amides is 2. The van der Waals surface area contributed by atoms with Crippen LogP contribution in [0, 0.1) is 6.92 Å². The zero-order valence-corrected chi connectivity index (χ0v) is 18.1. The minimum atomic E-state index is -0.728. The van der Waals surface area contributed by atoms with Gasteiger partial charge in [0, 0.05) is 25.8 Å². The van der Waals surface area contributed by atoms with E-state index >= 15 is 0 Å². The summed E-state index contributed by atoms with van der Waals surface area (Å²) >= 11 is 0. The van der Waals surface area contributed by atoms with E-state index in [2.05, 4.69) is 15.6 Å². The van der Waals surface area contributed by atoms with Gasteiger partial charge in [-0.05, 0) is 53.2 Å². The van der Waals surface area contributed by atoms with Crippen molar-refractivity contribution in [3.8, 4) is 0 Å². The molecule has 0 saturated carbocycles. The molecule has 3 heterocycles. The van der Waals surface area contributed by atoms with Crippen molar-refractivity contribution in [1.29, 1.82) is 0 Å². The number of piperazine rings is 1. The molecule has 3 rings (SSSR count). The number of nitrogens with zero attached hydrogens (tertiary/aromatic N) is 3. The van der Waals surface area contributed by atoms with Crippen molar-refractivity contribution in [2.24, 2.45) is 0 Å². The number of carbonyl (C=O) groups excluding carboxylic acids is 2. The van der Waals surface area contributed by atoms with E-state index in [4.69, 9.17) is 4.74 Å². The smallest absolute Gasteiger partial charge is 0.411 e. The molecule has 0 radical (unpaired) electrons. The van der Waals surface area contributed by atoms with Gasteiger partial charge in [0.15, 0.2) is 0 Å². The molecule has 0 aromatic carbocycles. The highest BCUT2D eigenvalue weighted by atomic mass is 16.6. The molecule has 2 N–H and O–H groups in total. The molecule has 1 atom stereocenters. The van der Waals surface area contributed by atoms with Crippen LogP contribution < -0.4 is 10.6 Å². The minimum absolute atomic E-state index is 0.238. The van der Waals surface area contributed by atoms with Crippen LogP contribution in [0.25, 0.3) is 5.52 Å². The van der Waals surface area contributed by atoms with Gasteiger partial charge < -0.3 is 19.8 Å². The van der Waals surface area contributed by atoms with E-state index in [1.54, 1.807) is 0 Å². The molecule has 1 saturated heterocycles. The molecule has 8 nitrogen and oxygen atoms in total. The van der Waals surface area contributed by atoms with Crippen molar-refractivity contribution >= 4 is 17.5 Å². The number of pyridine rings is 1. The lowest BCUT2D eigenvalue weighted by atomic mass is 10.0. The first kappa shape index (κ1) is 21.1. The van der Waals surface area contributed by atoms with Gasteiger partial charge >= 0.3 is 6.09 Å². The molecule has 2 aromatic rings. The van der Waals surface area contributed by atoms with Crippen LogP contribution in [0.4, 0.5) is 4.79 Å². The van der Waals surface area contributed by atoms with Gasteiger partial charge in [0.25, 0.3) is 0 Å². The number of fused-ring (bicyclic) bond motifs is 1. The number of hydrogen-bond donors (Lipinski definition) is 2. The van der Waals surface area contributed by atoms with Crippen LogP contribution >= 0.6 is 0 Å². The zero-order valence-electron chi connectivity index (χ0n) is 18.1. The molecule has 0 unspecified atom stereocenters. The number of hydrogen-bond acceptors (Lipinski definition) is 5. The maximum atomic E-state index is 13.2. The Bertz CT molecular complexity index is 913. The van der Waals surface area contributed by atoms with E-state index in [0.717, 1.165) is 16.9 Å². The van der Waals surface area contributed by atoms with E-state index in [1.165, 1.54) is 4.90 Å². The highest BCUT2D eigenvalue weighted by molar-refractivity contribution is 5.86. The second kappa shape index (κ2) is 7.67. The van der Waals surface area contributed by atoms with Crippen molar-refractivity contribution in [1.82, 2.24) is 24.9 Å². The first-order valence-corrected chi connectivity index (χ1v) is 9.95. The predicted octanol–water partition coefficient (Wildman–Crippen LogP) is 2.20. The van der Waals surface area contributed by atoms with Crippen molar-refractivity contribution in [3.63, 3.8) is 0 Å². The van der Waals surface area contributed by atoms with Crippen LogP contribution in [0.3, 0.4) is 0 Å². The van der Waals surface area contributed by atoms with E-state index in [0.29, 0.717) is 19.6 Å². The number of imidazole rings is 1. The number of nitrogens with one attached hydrogen (secondary N) is 2. The summed E-state index contributed by atoms with van der Waals surface area (Å²) in [6, 6.07) is 3.34. The Kier molecular flexibility index (Phi) is 5.58. The number of aromatic nitrogens is 2. The van der Waals surface area contributed by atoms with Gasteiger partial charge in [0.2, 0.25) is 5.91 Å². The number of carbonyl (C=O) groups is 2. The maximum absolute atomic E-state index is 13.2. The van der Waals surface area contributed by atoms with Crippen molar-refractivity contribution in [2.45, 2.75) is 58.7 Å². The third-order valence-electron chi connectivity index (χ3n) is 4.95. The van der Waals surface area contributed by atoms with E-state index < -0.39 is 23.3 Å². The van der Waals surface area contributed by atoms with Crippen LogP contribution in [-0.4, -0.2) is 57.6 Å². The van der Waals surface area contributed by atoms with Crippen molar-refractivity contribution in [3.05, 3.63) is 35.9 Å². The fourth-order valence-electron chi connectivity index (χ4n) is 3.55. The monoisotopic (exact) mass is 401 g/mol. The Morgan fingerprint density at radius 1 is 1.28 bits per heavy atom. The van der Waals surface area contributed by atoms with Gasteiger partial charge in [-0.1, -0.05) is 6.07 Å². The summed E-state index contributed by atoms with van der Waals surface area (Å²) < 4.78 is 7.48. The average molecular weight is 402 g/mol. The molecule has 158 valence electrons. The highest BCUT2D eigenvalue weighted by Gasteiger charge is 2.38. The summed E-state index contributed by atoms with van der Waals surface area (Å²) in [5, 5.41) is 6.27. The number of aryl methyl sites for hydroxylation is 1. The normalized spacial score (nSPS) is 18.0. The highest BCUT2D eigenvalue weighted by Crippen LogP contribution is 2.23. The van der Waals surface area contributed by atoms with E-state index in [9.17, 15) is 9.59 Å². The molecule has 29 heavy (non-hydrogen) atoms. The largest absolute Gasteiger partial charge is 0.444 e. The molecule has 1 aliphatic rings. The molecule has 8 heteroatoms. The topological polar surface area (TPSA) is 88.0 Å². The van der Waals surface area contributed by atoms with Crippen molar-refractivity contribution in [2.75, 3.05) is 19.6 Å². The molecule has 1 fully saturated rings. The standard InChI is InChI=1S/C21H31N5O3/c1-14-8-7-10-25-15(14)13-23-18(25)21(5,6)24-17(27)16-12-22-9-11-26(16)19(28)29-20(2,3)4/h7-8,10,13,16,22H,9,11-12H2,1-6H3,(H,24,27)/t16-/m0/s1. The quantitative estimate of drug-likeness (QED) is 0.823. The van der Waals surface area contributed by atoms with Crippen LogP contribution in [0.5, 0.6) is 0 Å². The summed E-state index contributed by atoms with van der Waals surface area (Å²) in [6.07, 6.45) is 3.28. The van der Waals surface area contributed by atoms with Gasteiger partial charge in [-0.25, -0.2) is 9.78 Å². The zero-order chi connectivity index (χ0) is 21.4. The minimum Gasteiger partial charge on any atom is -0.444 e. The summed E-state index contributed by atoms with van der Waals surface area (Å²) in [5.41, 5.74) is 0.768. The van der Waals surface area contributed by atoms with Crippen LogP contribution in [0.2, 0.25) is 0 Å². The summed E-state index contributed by atoms with van der Waals surface area (Å²) in [4.78, 5) is 31.8. The molecule has 0 bridgehead atoms. The van der Waals surface area contributed by atoms with E-state index in [1.807, 2.05) is 70.5 Å². The first-order chi connectivity index (χ1) is 13.5. The Hall–Kier alpha value is -2.61. The van der Waals surface area contributed by atoms with Gasteiger partial charge in [0.05, 0.1) is 17.3 Å². The second-order valence-corrected chi connectivity index (χ2v) is 9.04. The van der Waals surface area contributed by atoms with Crippen LogP contribution in [0.1, 0.15) is 46.0 Å². The Labute approximate surface area is 171 Å². The van der Waals surface area contributed by atoms with Gasteiger partial charge in [-0.3, -0.25) is 9.69 Å². The van der Waals surface area contributed by atoms with Crippen LogP contribution in [0.15, 0.2) is 24.5 Å². The maximum Gasteiger partial charge on any atom is 0.411 e. The SMILES string of the molecule is Cc1cccn2c(C(C)(C)NC(=O)[C@@H]3CNCCN3C(=O)OC(C)(C)C)ncc12. The lowest BCUT2D eigenvalue weighted by molar-refractivity contribution is -0.128. The molecular formula is C21H31N5O3. The molecule has 2 amide bonds. The van der Waals surface area contributed by atoms with E-state index in [-0.39, 0.29) is 5.91 Å². The molecular weight excluding hydrogens is 370 g/mol. The van der Waals surface area contributed by atoms with Crippen molar-refractivity contribution < 1.29 is 14.3 Å². The Balaban J connectivity index is 1.81. The molecule has 0 aliphatic carbocycles. The lowest BCUT2D eigenvalue weighted by Crippen LogP contribution is -2.62. The average Bonchev–Trinajstić information content (AvgIpc) is 3.06. The Morgan fingerprint density at radius 3 is 2.69 bits per heavy atom. The second-order valence-electron chi connectivity index (χ2n) is 9.04. The predicted molar refractivity (Wildman–Crippen MR) is 111 cm³/mol. The third-order valence-corrected chi connectivity index (χ3v) is 4.95. The number of rotatable bonds is 3. The summed E-state index contributed by atoms with van der Waals surface area (Å²) in [7, 11) is 0. The van der Waals surface area contributed by atoms with Crippen LogP contribution in [-0.2, 0) is 15.1 Å². The van der Waals surface area contributed by atoms with Gasteiger partial charge in [0.1, 0.15) is 17.5 Å². The molecule has 2 aromatic heterocycles.